The molecule has 1 spiro atoms. The average Bonchev–Trinajstić information content (AvgIpc) is 3.57. The summed E-state index contributed by atoms with van der Waals surface area (Å²) in [6.45, 7) is 0.704. The summed E-state index contributed by atoms with van der Waals surface area (Å²) >= 11 is 5.97. The topological polar surface area (TPSA) is 46.1 Å². The third kappa shape index (κ3) is 4.40. The molecule has 2 fully saturated rings. The standard InChI is InChI=1S/C26H25ClFN3O/c27-18-4-6-20(30-17-18)7-8-21-16-26(10-11-26)12-14-31(21)25(32)23-15-19(28)5-9-22(23)24-3-1-2-13-29-24/h1-6,9,13,15,17,21H,7-8,10-12,14,16H2/t21-/m1/s1. The Hall–Kier alpha value is -2.79. The summed E-state index contributed by atoms with van der Waals surface area (Å²) < 4.78 is 14.2. The first kappa shape index (κ1) is 21.1. The van der Waals surface area contributed by atoms with Crippen LogP contribution in [0, 0.1) is 11.2 Å². The van der Waals surface area contributed by atoms with E-state index in [1.165, 1.54) is 25.0 Å². The number of aromatic nitrogens is 2. The normalized spacial score (nSPS) is 19.2. The molecular formula is C26H25ClFN3O. The first-order valence-corrected chi connectivity index (χ1v) is 11.5. The maximum absolute atomic E-state index is 14.2. The summed E-state index contributed by atoms with van der Waals surface area (Å²) in [5.41, 5.74) is 3.08. The van der Waals surface area contributed by atoms with Gasteiger partial charge in [0.1, 0.15) is 5.82 Å². The molecule has 32 heavy (non-hydrogen) atoms. The third-order valence-corrected chi connectivity index (χ3v) is 7.11. The van der Waals surface area contributed by atoms with Gasteiger partial charge in [0.05, 0.1) is 16.3 Å². The maximum Gasteiger partial charge on any atom is 0.254 e. The molecule has 2 aliphatic rings. The second-order valence-electron chi connectivity index (χ2n) is 9.02. The number of aryl methyl sites for hydroxylation is 1. The van der Waals surface area contributed by atoms with Crippen molar-refractivity contribution in [2.24, 2.45) is 5.41 Å². The van der Waals surface area contributed by atoms with E-state index in [1.54, 1.807) is 18.5 Å². The predicted molar refractivity (Wildman–Crippen MR) is 123 cm³/mol. The lowest BCUT2D eigenvalue weighted by atomic mass is 9.85. The minimum absolute atomic E-state index is 0.107. The zero-order valence-corrected chi connectivity index (χ0v) is 18.6. The number of hydrogen-bond donors (Lipinski definition) is 0. The molecular weight excluding hydrogens is 425 g/mol. The molecule has 0 bridgehead atoms. The van der Waals surface area contributed by atoms with Crippen molar-refractivity contribution in [2.45, 2.75) is 44.6 Å². The van der Waals surface area contributed by atoms with Crippen LogP contribution in [0.5, 0.6) is 0 Å². The fourth-order valence-corrected chi connectivity index (χ4v) is 4.98. The van der Waals surface area contributed by atoms with Crippen LogP contribution in [0.1, 0.15) is 48.2 Å². The van der Waals surface area contributed by atoms with Gasteiger partial charge in [-0.1, -0.05) is 17.7 Å². The smallest absolute Gasteiger partial charge is 0.254 e. The van der Waals surface area contributed by atoms with Gasteiger partial charge in [-0.25, -0.2) is 4.39 Å². The molecule has 3 aromatic rings. The highest BCUT2D eigenvalue weighted by atomic mass is 35.5. The molecule has 1 aromatic carbocycles. The quantitative estimate of drug-likeness (QED) is 0.483. The number of halogens is 2. The Morgan fingerprint density at radius 1 is 1.12 bits per heavy atom. The highest BCUT2D eigenvalue weighted by Crippen LogP contribution is 2.55. The lowest BCUT2D eigenvalue weighted by molar-refractivity contribution is 0.0509. The lowest BCUT2D eigenvalue weighted by Gasteiger charge is -2.40. The fraction of sp³-hybridized carbons (Fsp3) is 0.346. The molecule has 4 nitrogen and oxygen atoms in total. The van der Waals surface area contributed by atoms with E-state index >= 15 is 0 Å². The number of benzene rings is 1. The first-order chi connectivity index (χ1) is 15.5. The Kier molecular flexibility index (Phi) is 5.68. The van der Waals surface area contributed by atoms with Crippen LogP contribution in [0.25, 0.3) is 11.3 Å². The van der Waals surface area contributed by atoms with E-state index in [9.17, 15) is 9.18 Å². The average molecular weight is 450 g/mol. The summed E-state index contributed by atoms with van der Waals surface area (Å²) in [5, 5.41) is 0.619. The van der Waals surface area contributed by atoms with Crippen LogP contribution in [0.15, 0.2) is 60.9 Å². The van der Waals surface area contributed by atoms with Crippen LogP contribution >= 0.6 is 11.6 Å². The zero-order valence-electron chi connectivity index (χ0n) is 17.8. The Bertz CT molecular complexity index is 1120. The molecule has 0 N–H and O–H groups in total. The molecule has 6 heteroatoms. The summed E-state index contributed by atoms with van der Waals surface area (Å²) in [7, 11) is 0. The minimum atomic E-state index is -0.411. The first-order valence-electron chi connectivity index (χ1n) is 11.2. The van der Waals surface area contributed by atoms with Crippen LogP contribution in [-0.4, -0.2) is 33.4 Å². The second-order valence-corrected chi connectivity index (χ2v) is 9.45. The molecule has 1 aliphatic carbocycles. The SMILES string of the molecule is O=C(c1cc(F)ccc1-c1ccccn1)N1CCC2(CC2)C[C@H]1CCc1ccc(Cl)cn1. The molecule has 164 valence electrons. The number of pyridine rings is 2. The number of amides is 1. The van der Waals surface area contributed by atoms with Gasteiger partial charge >= 0.3 is 0 Å². The van der Waals surface area contributed by atoms with E-state index < -0.39 is 5.82 Å². The molecule has 3 heterocycles. The van der Waals surface area contributed by atoms with Gasteiger partial charge in [0.15, 0.2) is 0 Å². The van der Waals surface area contributed by atoms with Gasteiger partial charge in [-0.3, -0.25) is 14.8 Å². The minimum Gasteiger partial charge on any atom is -0.336 e. The van der Waals surface area contributed by atoms with Crippen molar-refractivity contribution in [3.05, 3.63) is 83.0 Å². The zero-order chi connectivity index (χ0) is 22.1. The van der Waals surface area contributed by atoms with Crippen molar-refractivity contribution in [1.82, 2.24) is 14.9 Å². The molecule has 1 atom stereocenters. The van der Waals surface area contributed by atoms with Crippen LogP contribution in [0.2, 0.25) is 5.02 Å². The van der Waals surface area contributed by atoms with Crippen LogP contribution < -0.4 is 0 Å². The number of piperidine rings is 1. The lowest BCUT2D eigenvalue weighted by Crippen LogP contribution is -2.47. The van der Waals surface area contributed by atoms with E-state index in [2.05, 4.69) is 9.97 Å². The van der Waals surface area contributed by atoms with Crippen molar-refractivity contribution in [3.8, 4) is 11.3 Å². The van der Waals surface area contributed by atoms with Crippen molar-refractivity contribution in [2.75, 3.05) is 6.54 Å². The molecule has 1 aliphatic heterocycles. The van der Waals surface area contributed by atoms with Gasteiger partial charge in [0.25, 0.3) is 5.91 Å². The molecule has 1 saturated heterocycles. The Morgan fingerprint density at radius 3 is 2.72 bits per heavy atom. The van der Waals surface area contributed by atoms with Gasteiger partial charge in [0.2, 0.25) is 0 Å². The maximum atomic E-state index is 14.2. The number of carbonyl (C=O) groups excluding carboxylic acids is 1. The Balaban J connectivity index is 1.42. The van der Waals surface area contributed by atoms with E-state index in [-0.39, 0.29) is 11.9 Å². The van der Waals surface area contributed by atoms with Gasteiger partial charge in [-0.05, 0) is 86.4 Å². The van der Waals surface area contributed by atoms with E-state index in [4.69, 9.17) is 11.6 Å². The summed E-state index contributed by atoms with van der Waals surface area (Å²) in [6.07, 6.45) is 9.45. The Morgan fingerprint density at radius 2 is 2.00 bits per heavy atom. The summed E-state index contributed by atoms with van der Waals surface area (Å²) in [6, 6.07) is 13.8. The second kappa shape index (κ2) is 8.62. The van der Waals surface area contributed by atoms with Crippen molar-refractivity contribution in [1.29, 1.82) is 0 Å². The van der Waals surface area contributed by atoms with E-state index in [0.717, 1.165) is 31.4 Å². The fourth-order valence-electron chi connectivity index (χ4n) is 4.87. The molecule has 2 aromatic heterocycles. The van der Waals surface area contributed by atoms with Gasteiger partial charge in [0, 0.05) is 36.2 Å². The van der Waals surface area contributed by atoms with Crippen molar-refractivity contribution in [3.63, 3.8) is 0 Å². The summed E-state index contributed by atoms with van der Waals surface area (Å²) in [5.74, 6) is -0.527. The van der Waals surface area contributed by atoms with Crippen LogP contribution in [0.4, 0.5) is 4.39 Å². The number of likely N-dealkylation sites (tertiary alicyclic amines) is 1. The number of hydrogen-bond acceptors (Lipinski definition) is 3. The van der Waals surface area contributed by atoms with Crippen LogP contribution in [0.3, 0.4) is 0 Å². The largest absolute Gasteiger partial charge is 0.336 e. The molecule has 1 saturated carbocycles. The molecule has 5 rings (SSSR count). The predicted octanol–water partition coefficient (Wildman–Crippen LogP) is 5.95. The van der Waals surface area contributed by atoms with Gasteiger partial charge in [-0.2, -0.15) is 0 Å². The molecule has 0 radical (unpaired) electrons. The number of carbonyl (C=O) groups is 1. The van der Waals surface area contributed by atoms with E-state index in [0.29, 0.717) is 33.8 Å². The molecule has 1 amide bonds. The van der Waals surface area contributed by atoms with Crippen molar-refractivity contribution >= 4 is 17.5 Å². The number of nitrogens with zero attached hydrogens (tertiary/aromatic N) is 3. The van der Waals surface area contributed by atoms with Gasteiger partial charge in [-0.15, -0.1) is 0 Å². The Labute approximate surface area is 192 Å². The van der Waals surface area contributed by atoms with Crippen LogP contribution in [-0.2, 0) is 6.42 Å². The third-order valence-electron chi connectivity index (χ3n) is 6.89. The highest BCUT2D eigenvalue weighted by Gasteiger charge is 2.49. The molecule has 0 unspecified atom stereocenters. The summed E-state index contributed by atoms with van der Waals surface area (Å²) in [4.78, 5) is 24.5. The number of rotatable bonds is 5. The van der Waals surface area contributed by atoms with E-state index in [1.807, 2.05) is 35.2 Å². The van der Waals surface area contributed by atoms with Gasteiger partial charge < -0.3 is 4.90 Å². The highest BCUT2D eigenvalue weighted by molar-refractivity contribution is 6.30. The monoisotopic (exact) mass is 449 g/mol. The van der Waals surface area contributed by atoms with Crippen molar-refractivity contribution < 1.29 is 9.18 Å².